The van der Waals surface area contributed by atoms with Crippen LogP contribution in [0.15, 0.2) is 54.6 Å². The van der Waals surface area contributed by atoms with E-state index in [2.05, 4.69) is 0 Å². The van der Waals surface area contributed by atoms with E-state index in [4.69, 9.17) is 5.73 Å². The number of hydrogen-bond donors (Lipinski definition) is 2. The average Bonchev–Trinajstić information content (AvgIpc) is 2.44. The molecule has 4 nitrogen and oxygen atoms in total. The van der Waals surface area contributed by atoms with Crippen LogP contribution in [-0.2, 0) is 4.79 Å². The molecule has 102 valence electrons. The van der Waals surface area contributed by atoms with Gasteiger partial charge in [0, 0.05) is 30.6 Å². The summed E-state index contributed by atoms with van der Waals surface area (Å²) in [6.07, 6.45) is 3.18. The Hall–Kier alpha value is -2.75. The third kappa shape index (κ3) is 3.38. The van der Waals surface area contributed by atoms with Gasteiger partial charge in [0.25, 0.3) is 5.91 Å². The van der Waals surface area contributed by atoms with E-state index in [1.165, 1.54) is 17.0 Å². The van der Waals surface area contributed by atoms with Gasteiger partial charge in [-0.05, 0) is 35.9 Å². The van der Waals surface area contributed by atoms with Crippen LogP contribution in [0.1, 0.15) is 5.56 Å². The molecular formula is C16H16N2O2. The second kappa shape index (κ2) is 5.93. The Kier molecular flexibility index (Phi) is 4.05. The molecule has 1 amide bonds. The molecule has 0 aliphatic rings. The van der Waals surface area contributed by atoms with Crippen LogP contribution in [0.25, 0.3) is 6.08 Å². The Bertz CT molecular complexity index is 650. The van der Waals surface area contributed by atoms with E-state index in [1.54, 1.807) is 43.5 Å². The number of nitrogen functional groups attached to an aromatic ring is 1. The second-order valence-electron chi connectivity index (χ2n) is 4.42. The third-order valence-corrected chi connectivity index (χ3v) is 2.88. The first-order chi connectivity index (χ1) is 9.56. The highest BCUT2D eigenvalue weighted by atomic mass is 16.3. The van der Waals surface area contributed by atoms with Crippen molar-refractivity contribution in [3.63, 3.8) is 0 Å². The van der Waals surface area contributed by atoms with E-state index in [0.717, 1.165) is 5.56 Å². The fraction of sp³-hybridized carbons (Fsp3) is 0.0625. The molecule has 3 N–H and O–H groups in total. The maximum Gasteiger partial charge on any atom is 0.250 e. The number of carbonyl (C=O) groups excluding carboxylic acids is 1. The molecule has 2 rings (SSSR count). The molecule has 0 spiro atoms. The maximum atomic E-state index is 12.0. The number of likely N-dealkylation sites (N-methyl/N-ethyl adjacent to an activating group) is 1. The quantitative estimate of drug-likeness (QED) is 0.664. The van der Waals surface area contributed by atoms with Crippen LogP contribution >= 0.6 is 0 Å². The Balaban J connectivity index is 2.12. The fourth-order valence-electron chi connectivity index (χ4n) is 1.77. The molecule has 0 aliphatic carbocycles. The molecule has 0 atom stereocenters. The molecule has 0 saturated carbocycles. The molecule has 20 heavy (non-hydrogen) atoms. The smallest absolute Gasteiger partial charge is 0.250 e. The largest absolute Gasteiger partial charge is 0.508 e. The summed E-state index contributed by atoms with van der Waals surface area (Å²) in [6, 6.07) is 13.8. The topological polar surface area (TPSA) is 66.6 Å². The number of amides is 1. The standard InChI is InChI=1S/C16H16N2O2/c1-18(14-6-3-7-15(19)11-14)16(20)9-8-12-4-2-5-13(17)10-12/h2-11,19H,17H2,1H3/b9-8+. The van der Waals surface area contributed by atoms with Gasteiger partial charge in [-0.2, -0.15) is 0 Å². The van der Waals surface area contributed by atoms with Crippen LogP contribution in [0.4, 0.5) is 11.4 Å². The van der Waals surface area contributed by atoms with Gasteiger partial charge < -0.3 is 15.7 Å². The van der Waals surface area contributed by atoms with Gasteiger partial charge in [0.1, 0.15) is 5.75 Å². The summed E-state index contributed by atoms with van der Waals surface area (Å²) in [6.45, 7) is 0. The highest BCUT2D eigenvalue weighted by molar-refractivity contribution is 6.03. The van der Waals surface area contributed by atoms with E-state index in [0.29, 0.717) is 11.4 Å². The SMILES string of the molecule is CN(C(=O)/C=C/c1cccc(N)c1)c1cccc(O)c1. The number of phenols is 1. The zero-order chi connectivity index (χ0) is 14.5. The number of nitrogens with two attached hydrogens (primary N) is 1. The number of aromatic hydroxyl groups is 1. The van der Waals surface area contributed by atoms with E-state index in [9.17, 15) is 9.90 Å². The summed E-state index contributed by atoms with van der Waals surface area (Å²) in [4.78, 5) is 13.5. The minimum atomic E-state index is -0.182. The fourth-order valence-corrected chi connectivity index (χ4v) is 1.77. The van der Waals surface area contributed by atoms with Gasteiger partial charge >= 0.3 is 0 Å². The molecule has 2 aromatic carbocycles. The molecule has 0 aliphatic heterocycles. The molecular weight excluding hydrogens is 252 g/mol. The van der Waals surface area contributed by atoms with Crippen molar-refractivity contribution in [3.05, 3.63) is 60.2 Å². The van der Waals surface area contributed by atoms with Crippen LogP contribution in [0, 0.1) is 0 Å². The summed E-state index contributed by atoms with van der Waals surface area (Å²) in [5.74, 6) is -0.0556. The lowest BCUT2D eigenvalue weighted by Crippen LogP contribution is -2.23. The molecule has 0 aromatic heterocycles. The number of rotatable bonds is 3. The Morgan fingerprint density at radius 2 is 1.95 bits per heavy atom. The molecule has 0 unspecified atom stereocenters. The molecule has 0 bridgehead atoms. The van der Waals surface area contributed by atoms with E-state index >= 15 is 0 Å². The number of hydrogen-bond acceptors (Lipinski definition) is 3. The minimum Gasteiger partial charge on any atom is -0.508 e. The molecule has 4 heteroatoms. The van der Waals surface area contributed by atoms with Crippen LogP contribution in [0.2, 0.25) is 0 Å². The van der Waals surface area contributed by atoms with Crippen molar-refractivity contribution < 1.29 is 9.90 Å². The van der Waals surface area contributed by atoms with Crippen molar-refractivity contribution in [2.24, 2.45) is 0 Å². The first-order valence-corrected chi connectivity index (χ1v) is 6.16. The van der Waals surface area contributed by atoms with Gasteiger partial charge in [0.15, 0.2) is 0 Å². The van der Waals surface area contributed by atoms with Crippen LogP contribution in [0.3, 0.4) is 0 Å². The number of phenolic OH excluding ortho intramolecular Hbond substituents is 1. The predicted molar refractivity (Wildman–Crippen MR) is 81.4 cm³/mol. The minimum absolute atomic E-state index is 0.127. The highest BCUT2D eigenvalue weighted by Crippen LogP contribution is 2.19. The number of benzene rings is 2. The Morgan fingerprint density at radius 3 is 2.65 bits per heavy atom. The van der Waals surface area contributed by atoms with Crippen molar-refractivity contribution in [3.8, 4) is 5.75 Å². The van der Waals surface area contributed by atoms with Gasteiger partial charge in [-0.15, -0.1) is 0 Å². The van der Waals surface area contributed by atoms with Crippen LogP contribution in [0.5, 0.6) is 5.75 Å². The molecule has 0 saturated heterocycles. The first-order valence-electron chi connectivity index (χ1n) is 6.16. The third-order valence-electron chi connectivity index (χ3n) is 2.88. The average molecular weight is 268 g/mol. The molecule has 0 heterocycles. The van der Waals surface area contributed by atoms with Crippen molar-refractivity contribution in [2.75, 3.05) is 17.7 Å². The van der Waals surface area contributed by atoms with Gasteiger partial charge in [-0.3, -0.25) is 4.79 Å². The zero-order valence-corrected chi connectivity index (χ0v) is 11.2. The Morgan fingerprint density at radius 1 is 1.20 bits per heavy atom. The number of carbonyl (C=O) groups is 1. The first kappa shape index (κ1) is 13.7. The summed E-state index contributed by atoms with van der Waals surface area (Å²) < 4.78 is 0. The normalized spacial score (nSPS) is 10.7. The summed E-state index contributed by atoms with van der Waals surface area (Å²) in [5, 5.41) is 9.41. The van der Waals surface area contributed by atoms with Gasteiger partial charge in [0.05, 0.1) is 0 Å². The van der Waals surface area contributed by atoms with E-state index < -0.39 is 0 Å². The van der Waals surface area contributed by atoms with Crippen molar-refractivity contribution in [1.29, 1.82) is 0 Å². The van der Waals surface area contributed by atoms with Crippen LogP contribution < -0.4 is 10.6 Å². The Labute approximate surface area is 117 Å². The van der Waals surface area contributed by atoms with Crippen molar-refractivity contribution in [1.82, 2.24) is 0 Å². The lowest BCUT2D eigenvalue weighted by atomic mass is 10.2. The highest BCUT2D eigenvalue weighted by Gasteiger charge is 2.07. The predicted octanol–water partition coefficient (Wildman–Crippen LogP) is 2.65. The number of nitrogens with zero attached hydrogens (tertiary/aromatic N) is 1. The summed E-state index contributed by atoms with van der Waals surface area (Å²) in [5.41, 5.74) is 7.82. The maximum absolute atomic E-state index is 12.0. The van der Waals surface area contributed by atoms with E-state index in [-0.39, 0.29) is 11.7 Å². The van der Waals surface area contributed by atoms with Gasteiger partial charge in [-0.1, -0.05) is 18.2 Å². The van der Waals surface area contributed by atoms with Crippen molar-refractivity contribution >= 4 is 23.4 Å². The van der Waals surface area contributed by atoms with Crippen LogP contribution in [-0.4, -0.2) is 18.1 Å². The monoisotopic (exact) mass is 268 g/mol. The summed E-state index contributed by atoms with van der Waals surface area (Å²) in [7, 11) is 1.65. The zero-order valence-electron chi connectivity index (χ0n) is 11.2. The summed E-state index contributed by atoms with van der Waals surface area (Å²) >= 11 is 0. The second-order valence-corrected chi connectivity index (χ2v) is 4.42. The van der Waals surface area contributed by atoms with E-state index in [1.807, 2.05) is 12.1 Å². The lowest BCUT2D eigenvalue weighted by Gasteiger charge is -2.15. The molecule has 0 fully saturated rings. The lowest BCUT2D eigenvalue weighted by molar-refractivity contribution is -0.113. The number of anilines is 2. The van der Waals surface area contributed by atoms with Crippen molar-refractivity contribution in [2.45, 2.75) is 0 Å². The van der Waals surface area contributed by atoms with Gasteiger partial charge in [0.2, 0.25) is 0 Å². The van der Waals surface area contributed by atoms with Gasteiger partial charge in [-0.25, -0.2) is 0 Å². The molecule has 2 aromatic rings. The molecule has 0 radical (unpaired) electrons.